The number of fused-ring (bicyclic) bond motifs is 1. The molecule has 0 aromatic heterocycles. The highest BCUT2D eigenvalue weighted by Gasteiger charge is 2.40. The molecule has 0 aliphatic carbocycles. The summed E-state index contributed by atoms with van der Waals surface area (Å²) in [6, 6.07) is 16.3. The van der Waals surface area contributed by atoms with Gasteiger partial charge in [-0.25, -0.2) is 0 Å². The van der Waals surface area contributed by atoms with Gasteiger partial charge in [-0.2, -0.15) is 5.26 Å². The largest absolute Gasteiger partial charge is 0.354 e. The van der Waals surface area contributed by atoms with Crippen LogP contribution in [0.15, 0.2) is 48.5 Å². The quantitative estimate of drug-likeness (QED) is 0.815. The Bertz CT molecular complexity index is 953. The number of nitriles is 1. The predicted molar refractivity (Wildman–Crippen MR) is 112 cm³/mol. The molecule has 150 valence electrons. The van der Waals surface area contributed by atoms with Crippen molar-refractivity contribution in [1.82, 2.24) is 10.2 Å². The van der Waals surface area contributed by atoms with Crippen molar-refractivity contribution in [3.05, 3.63) is 70.8 Å². The van der Waals surface area contributed by atoms with Crippen molar-refractivity contribution >= 4 is 11.8 Å². The summed E-state index contributed by atoms with van der Waals surface area (Å²) < 4.78 is 0. The van der Waals surface area contributed by atoms with E-state index in [1.54, 1.807) is 17.0 Å². The topological polar surface area (TPSA) is 73.2 Å². The molecule has 0 bridgehead atoms. The van der Waals surface area contributed by atoms with Crippen LogP contribution in [0.5, 0.6) is 0 Å². The van der Waals surface area contributed by atoms with Gasteiger partial charge < -0.3 is 10.2 Å². The van der Waals surface area contributed by atoms with E-state index in [-0.39, 0.29) is 17.2 Å². The van der Waals surface area contributed by atoms with Gasteiger partial charge in [0.1, 0.15) is 6.04 Å². The number of hydrogen-bond donors (Lipinski definition) is 1. The third-order valence-electron chi connectivity index (χ3n) is 5.18. The van der Waals surface area contributed by atoms with Crippen molar-refractivity contribution in [3.63, 3.8) is 0 Å². The van der Waals surface area contributed by atoms with Gasteiger partial charge in [0.25, 0.3) is 5.91 Å². The zero-order valence-electron chi connectivity index (χ0n) is 17.2. The van der Waals surface area contributed by atoms with E-state index in [0.29, 0.717) is 30.6 Å². The van der Waals surface area contributed by atoms with E-state index in [1.807, 2.05) is 36.4 Å². The van der Waals surface area contributed by atoms with E-state index in [1.165, 1.54) is 0 Å². The number of carbonyl (C=O) groups is 2. The Morgan fingerprint density at radius 1 is 1.17 bits per heavy atom. The standard InChI is InChI=1S/C24H27N3O2/c1-24(2,3)12-14-27-21(19-9-4-5-10-20(19)23(27)29)22(28)26-13-11-17-7-6-8-18(15-17)16-25/h4-10,15,21H,11-14H2,1-3H3,(H,26,28). The Labute approximate surface area is 172 Å². The molecule has 1 N–H and O–H groups in total. The highest BCUT2D eigenvalue weighted by atomic mass is 16.2. The molecule has 1 heterocycles. The van der Waals surface area contributed by atoms with Gasteiger partial charge in [-0.3, -0.25) is 9.59 Å². The molecule has 0 radical (unpaired) electrons. The fraction of sp³-hybridized carbons (Fsp3) is 0.375. The zero-order valence-corrected chi connectivity index (χ0v) is 17.2. The first kappa shape index (κ1) is 20.6. The van der Waals surface area contributed by atoms with Crippen LogP contribution in [0, 0.1) is 16.7 Å². The highest BCUT2D eigenvalue weighted by Crippen LogP contribution is 2.35. The molecule has 2 aromatic rings. The SMILES string of the molecule is CC(C)(C)CCN1C(=O)c2ccccc2C1C(=O)NCCc1cccc(C#N)c1. The minimum absolute atomic E-state index is 0.0713. The maximum absolute atomic E-state index is 13.0. The molecule has 0 fully saturated rings. The van der Waals surface area contributed by atoms with Gasteiger partial charge in [0.2, 0.25) is 5.91 Å². The lowest BCUT2D eigenvalue weighted by Gasteiger charge is -2.28. The maximum atomic E-state index is 13.0. The normalized spacial score (nSPS) is 15.7. The van der Waals surface area contributed by atoms with Gasteiger partial charge in [0, 0.05) is 18.7 Å². The van der Waals surface area contributed by atoms with Crippen molar-refractivity contribution in [2.24, 2.45) is 5.41 Å². The van der Waals surface area contributed by atoms with Crippen LogP contribution in [-0.4, -0.2) is 29.8 Å². The molecule has 29 heavy (non-hydrogen) atoms. The third kappa shape index (κ3) is 4.83. The first-order valence-corrected chi connectivity index (χ1v) is 9.97. The molecule has 5 nitrogen and oxygen atoms in total. The molecule has 1 aliphatic rings. The molecule has 1 atom stereocenters. The lowest BCUT2D eigenvalue weighted by atomic mass is 9.92. The first-order valence-electron chi connectivity index (χ1n) is 9.97. The molecular weight excluding hydrogens is 362 g/mol. The van der Waals surface area contributed by atoms with Gasteiger partial charge in [-0.15, -0.1) is 0 Å². The number of nitrogens with zero attached hydrogens (tertiary/aromatic N) is 2. The van der Waals surface area contributed by atoms with Crippen LogP contribution in [-0.2, 0) is 11.2 Å². The molecule has 1 aliphatic heterocycles. The second-order valence-corrected chi connectivity index (χ2v) is 8.65. The summed E-state index contributed by atoms with van der Waals surface area (Å²) in [7, 11) is 0. The van der Waals surface area contributed by atoms with Crippen LogP contribution < -0.4 is 5.32 Å². The van der Waals surface area contributed by atoms with E-state index in [2.05, 4.69) is 32.2 Å². The van der Waals surface area contributed by atoms with Crippen molar-refractivity contribution in [1.29, 1.82) is 5.26 Å². The summed E-state index contributed by atoms with van der Waals surface area (Å²) in [5, 5.41) is 12.0. The van der Waals surface area contributed by atoms with Crippen LogP contribution in [0.3, 0.4) is 0 Å². The summed E-state index contributed by atoms with van der Waals surface area (Å²) in [6.45, 7) is 7.38. The molecular formula is C24H27N3O2. The van der Waals surface area contributed by atoms with E-state index in [0.717, 1.165) is 17.5 Å². The maximum Gasteiger partial charge on any atom is 0.255 e. The third-order valence-corrected chi connectivity index (χ3v) is 5.18. The van der Waals surface area contributed by atoms with Crippen LogP contribution >= 0.6 is 0 Å². The highest BCUT2D eigenvalue weighted by molar-refractivity contribution is 6.04. The van der Waals surface area contributed by atoms with Crippen LogP contribution in [0.25, 0.3) is 0 Å². The van der Waals surface area contributed by atoms with Crippen molar-refractivity contribution < 1.29 is 9.59 Å². The Morgan fingerprint density at radius 3 is 2.66 bits per heavy atom. The van der Waals surface area contributed by atoms with Gasteiger partial charge >= 0.3 is 0 Å². The Balaban J connectivity index is 1.71. The average Bonchev–Trinajstić information content (AvgIpc) is 2.98. The predicted octanol–water partition coefficient (Wildman–Crippen LogP) is 3.85. The molecule has 0 saturated carbocycles. The van der Waals surface area contributed by atoms with E-state index in [4.69, 9.17) is 5.26 Å². The lowest BCUT2D eigenvalue weighted by Crippen LogP contribution is -2.41. The van der Waals surface area contributed by atoms with Crippen LogP contribution in [0.2, 0.25) is 0 Å². The molecule has 3 rings (SSSR count). The smallest absolute Gasteiger partial charge is 0.255 e. The van der Waals surface area contributed by atoms with Gasteiger partial charge in [-0.05, 0) is 47.6 Å². The van der Waals surface area contributed by atoms with Gasteiger partial charge in [0.15, 0.2) is 0 Å². The fourth-order valence-corrected chi connectivity index (χ4v) is 3.56. The monoisotopic (exact) mass is 389 g/mol. The zero-order chi connectivity index (χ0) is 21.0. The number of rotatable bonds is 6. The summed E-state index contributed by atoms with van der Waals surface area (Å²) in [4.78, 5) is 27.7. The van der Waals surface area contributed by atoms with Crippen LogP contribution in [0.4, 0.5) is 0 Å². The Morgan fingerprint density at radius 2 is 1.93 bits per heavy atom. The average molecular weight is 389 g/mol. The Kier molecular flexibility index (Phi) is 6.03. The second-order valence-electron chi connectivity index (χ2n) is 8.65. The summed E-state index contributed by atoms with van der Waals surface area (Å²) in [5.74, 6) is -0.236. The molecule has 0 spiro atoms. The van der Waals surface area contributed by atoms with E-state index in [9.17, 15) is 9.59 Å². The number of benzene rings is 2. The summed E-state index contributed by atoms with van der Waals surface area (Å²) >= 11 is 0. The molecule has 2 aromatic carbocycles. The van der Waals surface area contributed by atoms with Gasteiger partial charge in [-0.1, -0.05) is 51.1 Å². The van der Waals surface area contributed by atoms with E-state index >= 15 is 0 Å². The molecule has 1 unspecified atom stereocenters. The summed E-state index contributed by atoms with van der Waals surface area (Å²) in [6.07, 6.45) is 1.45. The Hall–Kier alpha value is -3.13. The summed E-state index contributed by atoms with van der Waals surface area (Å²) in [5.41, 5.74) is 3.06. The molecule has 0 saturated heterocycles. The number of nitrogens with one attached hydrogen (secondary N) is 1. The number of hydrogen-bond acceptors (Lipinski definition) is 3. The van der Waals surface area contributed by atoms with Crippen molar-refractivity contribution in [2.45, 2.75) is 39.7 Å². The lowest BCUT2D eigenvalue weighted by molar-refractivity contribution is -0.125. The second kappa shape index (κ2) is 8.48. The first-order chi connectivity index (χ1) is 13.8. The van der Waals surface area contributed by atoms with Gasteiger partial charge in [0.05, 0.1) is 11.6 Å². The fourth-order valence-electron chi connectivity index (χ4n) is 3.56. The van der Waals surface area contributed by atoms with E-state index < -0.39 is 6.04 Å². The van der Waals surface area contributed by atoms with Crippen LogP contribution in [0.1, 0.15) is 60.3 Å². The number of amides is 2. The molecule has 5 heteroatoms. The number of carbonyl (C=O) groups excluding carboxylic acids is 2. The van der Waals surface area contributed by atoms with Crippen molar-refractivity contribution in [3.8, 4) is 6.07 Å². The minimum Gasteiger partial charge on any atom is -0.354 e. The minimum atomic E-state index is -0.591. The van der Waals surface area contributed by atoms with Crippen molar-refractivity contribution in [2.75, 3.05) is 13.1 Å². The molecule has 2 amide bonds.